The topological polar surface area (TPSA) is 75.4 Å². The van der Waals surface area contributed by atoms with Gasteiger partial charge in [-0.15, -0.1) is 12.4 Å². The lowest BCUT2D eigenvalue weighted by molar-refractivity contribution is -0.135. The van der Waals surface area contributed by atoms with Crippen molar-refractivity contribution < 1.29 is 9.59 Å². The molecule has 118 valence electrons. The molecule has 1 saturated heterocycles. The van der Waals surface area contributed by atoms with E-state index in [4.69, 9.17) is 5.73 Å². The first-order chi connectivity index (χ1) is 9.02. The second kappa shape index (κ2) is 10.00. The molecular formula is C14H28ClN3O2. The third kappa shape index (κ3) is 7.10. The Balaban J connectivity index is 0.00000361. The molecule has 0 bridgehead atoms. The molecule has 0 aromatic rings. The van der Waals surface area contributed by atoms with E-state index >= 15 is 0 Å². The van der Waals surface area contributed by atoms with Crippen LogP contribution in [0.25, 0.3) is 0 Å². The average molecular weight is 306 g/mol. The Kier molecular flexibility index (Phi) is 9.59. The average Bonchev–Trinajstić information content (AvgIpc) is 2.53. The highest BCUT2D eigenvalue weighted by molar-refractivity contribution is 5.85. The number of rotatable bonds is 6. The molecule has 0 aliphatic carbocycles. The van der Waals surface area contributed by atoms with Crippen LogP contribution < -0.4 is 11.1 Å². The number of carbonyl (C=O) groups is 2. The number of likely N-dealkylation sites (tertiary alicyclic amines) is 1. The van der Waals surface area contributed by atoms with E-state index in [0.717, 1.165) is 25.7 Å². The predicted molar refractivity (Wildman–Crippen MR) is 82.7 cm³/mol. The molecule has 1 rings (SSSR count). The summed E-state index contributed by atoms with van der Waals surface area (Å²) in [5, 5.41) is 2.93. The van der Waals surface area contributed by atoms with E-state index in [-0.39, 0.29) is 36.8 Å². The quantitative estimate of drug-likeness (QED) is 0.776. The summed E-state index contributed by atoms with van der Waals surface area (Å²) < 4.78 is 0. The van der Waals surface area contributed by atoms with Crippen molar-refractivity contribution in [1.82, 2.24) is 10.2 Å². The molecule has 1 heterocycles. The molecular weight excluding hydrogens is 278 g/mol. The minimum atomic E-state index is -0.0913. The van der Waals surface area contributed by atoms with Gasteiger partial charge in [-0.05, 0) is 25.2 Å². The maximum atomic E-state index is 12.0. The van der Waals surface area contributed by atoms with Crippen LogP contribution in [0.2, 0.25) is 0 Å². The molecule has 1 unspecified atom stereocenters. The number of halogens is 1. The molecule has 1 fully saturated rings. The first-order valence-corrected chi connectivity index (χ1v) is 7.30. The van der Waals surface area contributed by atoms with Gasteiger partial charge in [0.15, 0.2) is 0 Å². The third-order valence-corrected chi connectivity index (χ3v) is 3.41. The van der Waals surface area contributed by atoms with Crippen molar-refractivity contribution in [1.29, 1.82) is 0 Å². The first-order valence-electron chi connectivity index (χ1n) is 7.30. The van der Waals surface area contributed by atoms with Crippen LogP contribution in [-0.2, 0) is 9.59 Å². The molecule has 3 N–H and O–H groups in total. The Morgan fingerprint density at radius 3 is 2.65 bits per heavy atom. The van der Waals surface area contributed by atoms with Gasteiger partial charge in [-0.1, -0.05) is 20.3 Å². The molecule has 2 amide bonds. The smallest absolute Gasteiger partial charge is 0.239 e. The maximum Gasteiger partial charge on any atom is 0.239 e. The molecule has 6 heteroatoms. The minimum absolute atomic E-state index is 0. The first kappa shape index (κ1) is 19.2. The summed E-state index contributed by atoms with van der Waals surface area (Å²) in [6, 6.07) is 0.00887. The fourth-order valence-corrected chi connectivity index (χ4v) is 2.44. The zero-order chi connectivity index (χ0) is 14.3. The molecule has 0 radical (unpaired) electrons. The molecule has 20 heavy (non-hydrogen) atoms. The summed E-state index contributed by atoms with van der Waals surface area (Å²) in [6.45, 7) is 5.52. The van der Waals surface area contributed by atoms with E-state index in [0.29, 0.717) is 25.4 Å². The van der Waals surface area contributed by atoms with Crippen LogP contribution >= 0.6 is 12.4 Å². The van der Waals surface area contributed by atoms with Crippen LogP contribution in [0.15, 0.2) is 0 Å². The van der Waals surface area contributed by atoms with Gasteiger partial charge in [0, 0.05) is 25.6 Å². The van der Waals surface area contributed by atoms with Crippen molar-refractivity contribution >= 4 is 24.2 Å². The maximum absolute atomic E-state index is 12.0. The number of amides is 2. The summed E-state index contributed by atoms with van der Waals surface area (Å²) in [6.07, 6.45) is 4.44. The van der Waals surface area contributed by atoms with Gasteiger partial charge in [0.25, 0.3) is 0 Å². The predicted octanol–water partition coefficient (Wildman–Crippen LogP) is 1.30. The number of nitrogens with two attached hydrogens (primary N) is 1. The monoisotopic (exact) mass is 305 g/mol. The summed E-state index contributed by atoms with van der Waals surface area (Å²) in [5.74, 6) is 0.501. The van der Waals surface area contributed by atoms with E-state index in [1.807, 2.05) is 0 Å². The van der Waals surface area contributed by atoms with Crippen LogP contribution in [0, 0.1) is 5.92 Å². The fraction of sp³-hybridized carbons (Fsp3) is 0.857. The lowest BCUT2D eigenvalue weighted by Gasteiger charge is -2.23. The van der Waals surface area contributed by atoms with Crippen molar-refractivity contribution in [2.75, 3.05) is 19.6 Å². The number of hydrogen-bond donors (Lipinski definition) is 2. The lowest BCUT2D eigenvalue weighted by atomic mass is 10.0. The fourth-order valence-electron chi connectivity index (χ4n) is 2.44. The summed E-state index contributed by atoms with van der Waals surface area (Å²) >= 11 is 0. The Bertz CT molecular complexity index is 311. The van der Waals surface area contributed by atoms with Gasteiger partial charge in [0.2, 0.25) is 11.8 Å². The zero-order valence-electron chi connectivity index (χ0n) is 12.6. The van der Waals surface area contributed by atoms with Crippen molar-refractivity contribution in [2.45, 2.75) is 52.0 Å². The number of carbonyl (C=O) groups excluding carboxylic acids is 2. The normalized spacial score (nSPS) is 17.4. The molecule has 1 aliphatic rings. The number of nitrogens with zero attached hydrogens (tertiary/aromatic N) is 1. The highest BCUT2D eigenvalue weighted by Gasteiger charge is 2.20. The standard InChI is InChI=1S/C14H27N3O2.ClH/c1-11(2)8-12(9-15)16-13(18)10-17-7-5-3-4-6-14(17)19;/h11-12H,3-10,15H2,1-2H3,(H,16,18);1H. The van der Waals surface area contributed by atoms with Crippen molar-refractivity contribution in [3.05, 3.63) is 0 Å². The third-order valence-electron chi connectivity index (χ3n) is 3.41. The van der Waals surface area contributed by atoms with E-state index < -0.39 is 0 Å². The molecule has 0 aromatic heterocycles. The SMILES string of the molecule is CC(C)CC(CN)NC(=O)CN1CCCCCC1=O.Cl. The van der Waals surface area contributed by atoms with Crippen molar-refractivity contribution in [2.24, 2.45) is 11.7 Å². The number of nitrogens with one attached hydrogen (secondary N) is 1. The van der Waals surface area contributed by atoms with Crippen LogP contribution in [0.3, 0.4) is 0 Å². The molecule has 0 aromatic carbocycles. The van der Waals surface area contributed by atoms with Crippen LogP contribution in [0.1, 0.15) is 46.0 Å². The number of hydrogen-bond acceptors (Lipinski definition) is 3. The van der Waals surface area contributed by atoms with Gasteiger partial charge in [0.1, 0.15) is 0 Å². The van der Waals surface area contributed by atoms with Gasteiger partial charge < -0.3 is 16.0 Å². The molecule has 0 spiro atoms. The lowest BCUT2D eigenvalue weighted by Crippen LogP contribution is -2.46. The second-order valence-electron chi connectivity index (χ2n) is 5.76. The molecule has 5 nitrogen and oxygen atoms in total. The van der Waals surface area contributed by atoms with Gasteiger partial charge in [-0.3, -0.25) is 9.59 Å². The van der Waals surface area contributed by atoms with Gasteiger partial charge in [0.05, 0.1) is 6.54 Å². The largest absolute Gasteiger partial charge is 0.351 e. The van der Waals surface area contributed by atoms with Crippen LogP contribution in [0.5, 0.6) is 0 Å². The Morgan fingerprint density at radius 1 is 1.35 bits per heavy atom. The second-order valence-corrected chi connectivity index (χ2v) is 5.76. The van der Waals surface area contributed by atoms with Crippen molar-refractivity contribution in [3.8, 4) is 0 Å². The van der Waals surface area contributed by atoms with Gasteiger partial charge in [-0.25, -0.2) is 0 Å². The van der Waals surface area contributed by atoms with E-state index in [2.05, 4.69) is 19.2 Å². The van der Waals surface area contributed by atoms with Crippen LogP contribution in [-0.4, -0.2) is 42.4 Å². The van der Waals surface area contributed by atoms with Crippen LogP contribution in [0.4, 0.5) is 0 Å². The van der Waals surface area contributed by atoms with E-state index in [1.54, 1.807) is 4.90 Å². The highest BCUT2D eigenvalue weighted by atomic mass is 35.5. The molecule has 1 atom stereocenters. The van der Waals surface area contributed by atoms with Crippen molar-refractivity contribution in [3.63, 3.8) is 0 Å². The van der Waals surface area contributed by atoms with Gasteiger partial charge >= 0.3 is 0 Å². The Labute approximate surface area is 128 Å². The molecule has 1 aliphatic heterocycles. The van der Waals surface area contributed by atoms with E-state index in [9.17, 15) is 9.59 Å². The summed E-state index contributed by atoms with van der Waals surface area (Å²) in [7, 11) is 0. The zero-order valence-corrected chi connectivity index (χ0v) is 13.4. The van der Waals surface area contributed by atoms with Gasteiger partial charge in [-0.2, -0.15) is 0 Å². The summed E-state index contributed by atoms with van der Waals surface area (Å²) in [4.78, 5) is 25.4. The Morgan fingerprint density at radius 2 is 2.05 bits per heavy atom. The Hall–Kier alpha value is -0.810. The highest BCUT2D eigenvalue weighted by Crippen LogP contribution is 2.11. The molecule has 0 saturated carbocycles. The summed E-state index contributed by atoms with van der Waals surface area (Å²) in [5.41, 5.74) is 5.66. The minimum Gasteiger partial charge on any atom is -0.351 e. The van der Waals surface area contributed by atoms with E-state index in [1.165, 1.54) is 0 Å².